The van der Waals surface area contributed by atoms with Crippen molar-refractivity contribution in [3.63, 3.8) is 0 Å². The van der Waals surface area contributed by atoms with Crippen LogP contribution in [-0.4, -0.2) is 142 Å². The van der Waals surface area contributed by atoms with Crippen molar-refractivity contribution in [2.75, 3.05) is 102 Å². The molecule has 0 aliphatic heterocycles. The van der Waals surface area contributed by atoms with Crippen molar-refractivity contribution in [1.29, 1.82) is 0 Å². The zero-order valence-corrected chi connectivity index (χ0v) is 43.1. The first kappa shape index (κ1) is 55.2. The molecule has 0 fully saturated rings. The van der Waals surface area contributed by atoms with E-state index in [-0.39, 0.29) is 0 Å². The molecule has 0 heterocycles. The van der Waals surface area contributed by atoms with Crippen molar-refractivity contribution in [3.05, 3.63) is 24.3 Å². The number of benzene rings is 1. The Bertz CT molecular complexity index is 948. The fourth-order valence-electron chi connectivity index (χ4n) is 6.59. The number of hydrogen-bond donors (Lipinski definition) is 0. The summed E-state index contributed by atoms with van der Waals surface area (Å²) in [6, 6.07) is 12.6. The van der Waals surface area contributed by atoms with Gasteiger partial charge in [-0.3, -0.25) is 0 Å². The van der Waals surface area contributed by atoms with E-state index in [2.05, 4.69) is 34.1 Å². The summed E-state index contributed by atoms with van der Waals surface area (Å²) in [5.74, 6) is 0. The van der Waals surface area contributed by atoms with Gasteiger partial charge in [0.1, 0.15) is 0 Å². The SMILES string of the molecule is CCOC(OCC)O[SiH2]CCCN(CCC[Si](OCC)(OCC)OCC)c1ccc(N(CCC[SiH2]OC(OCC)OCC)CCC[Si](OCC)(OCC)OCC)cc1. The second kappa shape index (κ2) is 35.8. The van der Waals surface area contributed by atoms with Crippen LogP contribution in [0.1, 0.15) is 94.9 Å². The first-order valence-corrected chi connectivity index (χ1v) is 29.4. The second-order valence-electron chi connectivity index (χ2n) is 13.2. The minimum atomic E-state index is -2.75. The predicted molar refractivity (Wildman–Crippen MR) is 243 cm³/mol. The quantitative estimate of drug-likeness (QED) is 0.0394. The lowest BCUT2D eigenvalue weighted by molar-refractivity contribution is -0.243. The topological polar surface area (TPSA) is 117 Å². The molecule has 1 aromatic rings. The number of nitrogens with zero attached hydrogens (tertiary/aromatic N) is 2. The van der Waals surface area contributed by atoms with Crippen molar-refractivity contribution in [1.82, 2.24) is 0 Å². The molecule has 1 aromatic carbocycles. The van der Waals surface area contributed by atoms with Gasteiger partial charge in [-0.1, -0.05) is 0 Å². The van der Waals surface area contributed by atoms with Gasteiger partial charge in [-0.15, -0.1) is 0 Å². The van der Waals surface area contributed by atoms with Crippen LogP contribution in [0, 0.1) is 0 Å². The average molecular weight is 897 g/mol. The van der Waals surface area contributed by atoms with E-state index < -0.39 is 50.1 Å². The molecule has 0 amide bonds. The monoisotopic (exact) mass is 897 g/mol. The van der Waals surface area contributed by atoms with Crippen molar-refractivity contribution in [3.8, 4) is 0 Å². The van der Waals surface area contributed by atoms with Gasteiger partial charge in [0, 0.05) is 116 Å². The molecule has 0 aliphatic carbocycles. The molecule has 0 saturated carbocycles. The molecule has 0 saturated heterocycles. The summed E-state index contributed by atoms with van der Waals surface area (Å²) in [5, 5.41) is 0. The maximum atomic E-state index is 6.19. The van der Waals surface area contributed by atoms with Crippen LogP contribution >= 0.6 is 0 Å². The first-order valence-electron chi connectivity index (χ1n) is 22.4. The summed E-state index contributed by atoms with van der Waals surface area (Å²) in [5.41, 5.74) is 2.39. The van der Waals surface area contributed by atoms with Gasteiger partial charge in [-0.05, 0) is 131 Å². The molecule has 0 aromatic heterocycles. The number of ether oxygens (including phenoxy) is 4. The van der Waals surface area contributed by atoms with Crippen molar-refractivity contribution in [2.24, 2.45) is 0 Å². The van der Waals surface area contributed by atoms with Gasteiger partial charge in [-0.2, -0.15) is 0 Å². The third kappa shape index (κ3) is 23.4. The van der Waals surface area contributed by atoms with Crippen molar-refractivity contribution < 1.29 is 54.4 Å². The summed E-state index contributed by atoms with van der Waals surface area (Å²) in [4.78, 5) is 4.97. The summed E-state index contributed by atoms with van der Waals surface area (Å²) < 4.78 is 71.6. The van der Waals surface area contributed by atoms with Crippen LogP contribution in [-0.2, 0) is 54.4 Å². The Kier molecular flexibility index (Phi) is 34.1. The lowest BCUT2D eigenvalue weighted by Crippen LogP contribution is -2.46. The van der Waals surface area contributed by atoms with Crippen LogP contribution in [0.15, 0.2) is 24.3 Å². The maximum absolute atomic E-state index is 6.19. The molecular formula is C40H84N2O12Si4. The Labute approximate surface area is 360 Å². The van der Waals surface area contributed by atoms with E-state index in [1.54, 1.807) is 0 Å². The Morgan fingerprint density at radius 1 is 0.414 bits per heavy atom. The molecule has 0 bridgehead atoms. The molecule has 0 spiro atoms. The summed E-state index contributed by atoms with van der Waals surface area (Å²) in [7, 11) is -7.13. The van der Waals surface area contributed by atoms with Crippen LogP contribution < -0.4 is 9.80 Å². The maximum Gasteiger partial charge on any atom is 0.500 e. The number of anilines is 2. The van der Waals surface area contributed by atoms with Gasteiger partial charge in [0.2, 0.25) is 0 Å². The van der Waals surface area contributed by atoms with E-state index in [0.29, 0.717) is 66.1 Å². The van der Waals surface area contributed by atoms with E-state index in [9.17, 15) is 0 Å². The van der Waals surface area contributed by atoms with Gasteiger partial charge in [-0.25, -0.2) is 0 Å². The van der Waals surface area contributed by atoms with E-state index in [1.807, 2.05) is 69.2 Å². The first-order chi connectivity index (χ1) is 28.3. The lowest BCUT2D eigenvalue weighted by Gasteiger charge is -2.31. The lowest BCUT2D eigenvalue weighted by atomic mass is 10.2. The van der Waals surface area contributed by atoms with Gasteiger partial charge in [0.05, 0.1) is 0 Å². The van der Waals surface area contributed by atoms with E-state index in [0.717, 1.165) is 76.0 Å². The molecule has 0 atom stereocenters. The highest BCUT2D eigenvalue weighted by Gasteiger charge is 2.40. The molecule has 1 rings (SSSR count). The van der Waals surface area contributed by atoms with E-state index >= 15 is 0 Å². The van der Waals surface area contributed by atoms with Crippen molar-refractivity contribution in [2.45, 2.75) is 132 Å². The molecule has 14 nitrogen and oxygen atoms in total. The molecule has 58 heavy (non-hydrogen) atoms. The molecular weight excluding hydrogens is 813 g/mol. The Balaban J connectivity index is 3.23. The highest BCUT2D eigenvalue weighted by Crippen LogP contribution is 2.26. The third-order valence-electron chi connectivity index (χ3n) is 8.95. The standard InChI is InChI=1S/C40H84N2O12Si4/c1-11-43-39(44-12-2)53-55-33-21-29-41(31-23-35-57(47-15-5,48-16-6)49-17-7)37-25-27-38(28-26-37)42(30-22-34-56-54-40(45-13-3)46-14-4)32-24-36-58(50-18-8,51-19-9)52-20-10/h25-28,39-40H,11-24,29-36,55-56H2,1-10H3. The van der Waals surface area contributed by atoms with Gasteiger partial charge < -0.3 is 64.2 Å². The van der Waals surface area contributed by atoms with E-state index in [1.165, 1.54) is 11.4 Å². The summed E-state index contributed by atoms with van der Waals surface area (Å²) in [6.07, 6.45) is 3.83. The van der Waals surface area contributed by atoms with Crippen molar-refractivity contribution >= 4 is 48.5 Å². The highest BCUT2D eigenvalue weighted by atomic mass is 28.4. The van der Waals surface area contributed by atoms with Crippen LogP contribution in [0.4, 0.5) is 11.4 Å². The summed E-state index contributed by atoms with van der Waals surface area (Å²) in [6.45, 7) is 28.0. The minimum absolute atomic E-state index is 0.560. The number of hydrogen-bond acceptors (Lipinski definition) is 14. The Morgan fingerprint density at radius 2 is 0.690 bits per heavy atom. The number of rotatable bonds is 42. The fraction of sp³-hybridized carbons (Fsp3) is 0.850. The fourth-order valence-corrected chi connectivity index (χ4v) is 13.7. The largest absolute Gasteiger partial charge is 0.500 e. The molecule has 0 unspecified atom stereocenters. The predicted octanol–water partition coefficient (Wildman–Crippen LogP) is 6.71. The minimum Gasteiger partial charge on any atom is -0.379 e. The molecule has 342 valence electrons. The van der Waals surface area contributed by atoms with Crippen LogP contribution in [0.5, 0.6) is 0 Å². The average Bonchev–Trinajstić information content (AvgIpc) is 3.20. The second-order valence-corrected chi connectivity index (χ2v) is 21.6. The van der Waals surface area contributed by atoms with Crippen LogP contribution in [0.3, 0.4) is 0 Å². The van der Waals surface area contributed by atoms with Gasteiger partial charge in [0.15, 0.2) is 19.5 Å². The van der Waals surface area contributed by atoms with Crippen LogP contribution in [0.2, 0.25) is 24.2 Å². The normalized spacial score (nSPS) is 12.8. The smallest absolute Gasteiger partial charge is 0.379 e. The van der Waals surface area contributed by atoms with E-state index in [4.69, 9.17) is 54.4 Å². The zero-order chi connectivity index (χ0) is 42.7. The zero-order valence-electron chi connectivity index (χ0n) is 38.2. The highest BCUT2D eigenvalue weighted by molar-refractivity contribution is 6.61. The van der Waals surface area contributed by atoms with Gasteiger partial charge >= 0.3 is 17.6 Å². The third-order valence-corrected chi connectivity index (χ3v) is 17.8. The molecule has 0 radical (unpaired) electrons. The Hall–Kier alpha value is -0.792. The van der Waals surface area contributed by atoms with Crippen LogP contribution in [0.25, 0.3) is 0 Å². The molecule has 18 heteroatoms. The molecule has 0 N–H and O–H groups in total. The Morgan fingerprint density at radius 3 is 0.948 bits per heavy atom. The molecule has 0 aliphatic rings. The van der Waals surface area contributed by atoms with Gasteiger partial charge in [0.25, 0.3) is 13.0 Å². The summed E-state index contributed by atoms with van der Waals surface area (Å²) >= 11 is 0.